The lowest BCUT2D eigenvalue weighted by atomic mass is 10.1. The summed E-state index contributed by atoms with van der Waals surface area (Å²) in [6.45, 7) is 0.869. The van der Waals surface area contributed by atoms with Gasteiger partial charge in [-0.1, -0.05) is 42.5 Å². The molecule has 0 radical (unpaired) electrons. The highest BCUT2D eigenvalue weighted by Gasteiger charge is 2.11. The topological polar surface area (TPSA) is 59.6 Å². The molecule has 122 valence electrons. The number of carbonyl (C=O) groups excluding carboxylic acids is 1. The molecule has 0 fully saturated rings. The van der Waals surface area contributed by atoms with Crippen molar-refractivity contribution in [2.24, 2.45) is 0 Å². The molecular formula is C18H22N2O3. The number of benzene rings is 2. The third-order valence-electron chi connectivity index (χ3n) is 3.52. The first-order valence-electron chi connectivity index (χ1n) is 7.45. The molecule has 0 bridgehead atoms. The van der Waals surface area contributed by atoms with E-state index in [2.05, 4.69) is 10.6 Å². The standard InChI is InChI=1S/C18H22N2O3/c1-22-16-10-8-14(9-11-16)12-19-18(21)20-13-17(23-2)15-6-4-3-5-7-15/h3-11,17H,12-13H2,1-2H3,(H2,19,20,21). The fourth-order valence-corrected chi connectivity index (χ4v) is 2.18. The molecule has 0 aliphatic heterocycles. The Labute approximate surface area is 136 Å². The second-order valence-corrected chi connectivity index (χ2v) is 5.05. The Hall–Kier alpha value is -2.53. The van der Waals surface area contributed by atoms with Gasteiger partial charge < -0.3 is 20.1 Å². The Bertz CT molecular complexity index is 599. The molecule has 0 aliphatic carbocycles. The molecule has 1 atom stereocenters. The molecule has 0 aliphatic rings. The Morgan fingerprint density at radius 2 is 1.70 bits per heavy atom. The minimum Gasteiger partial charge on any atom is -0.497 e. The quantitative estimate of drug-likeness (QED) is 0.826. The van der Waals surface area contributed by atoms with Gasteiger partial charge in [-0.25, -0.2) is 4.79 Å². The summed E-state index contributed by atoms with van der Waals surface area (Å²) in [6.07, 6.45) is -0.164. The van der Waals surface area contributed by atoms with Gasteiger partial charge in [0.1, 0.15) is 5.75 Å². The minimum absolute atomic E-state index is 0.164. The number of nitrogens with one attached hydrogen (secondary N) is 2. The highest BCUT2D eigenvalue weighted by molar-refractivity contribution is 5.73. The molecule has 2 N–H and O–H groups in total. The van der Waals surface area contributed by atoms with E-state index >= 15 is 0 Å². The number of amides is 2. The van der Waals surface area contributed by atoms with Gasteiger partial charge >= 0.3 is 6.03 Å². The maximum Gasteiger partial charge on any atom is 0.315 e. The second kappa shape index (κ2) is 8.80. The maximum absolute atomic E-state index is 11.9. The predicted octanol–water partition coefficient (Wildman–Crippen LogP) is 2.88. The Morgan fingerprint density at radius 1 is 1.00 bits per heavy atom. The third kappa shape index (κ3) is 5.30. The minimum atomic E-state index is -0.223. The lowest BCUT2D eigenvalue weighted by molar-refractivity contribution is 0.104. The van der Waals surface area contributed by atoms with E-state index in [1.54, 1.807) is 14.2 Å². The molecule has 2 rings (SSSR count). The van der Waals surface area contributed by atoms with Crippen LogP contribution in [-0.4, -0.2) is 26.8 Å². The van der Waals surface area contributed by atoms with E-state index in [-0.39, 0.29) is 12.1 Å². The normalized spacial score (nSPS) is 11.6. The summed E-state index contributed by atoms with van der Waals surface area (Å²) in [7, 11) is 3.26. The van der Waals surface area contributed by atoms with Gasteiger partial charge in [-0.2, -0.15) is 0 Å². The van der Waals surface area contributed by atoms with Crippen LogP contribution in [0.2, 0.25) is 0 Å². The summed E-state index contributed by atoms with van der Waals surface area (Å²) in [5.74, 6) is 0.795. The van der Waals surface area contributed by atoms with Crippen LogP contribution < -0.4 is 15.4 Å². The van der Waals surface area contributed by atoms with Crippen LogP contribution in [0.5, 0.6) is 5.75 Å². The van der Waals surface area contributed by atoms with Gasteiger partial charge in [-0.15, -0.1) is 0 Å². The summed E-state index contributed by atoms with van der Waals surface area (Å²) in [5, 5.41) is 5.65. The Morgan fingerprint density at radius 3 is 2.30 bits per heavy atom. The largest absolute Gasteiger partial charge is 0.497 e. The van der Waals surface area contributed by atoms with Gasteiger partial charge in [0, 0.05) is 20.2 Å². The lowest BCUT2D eigenvalue weighted by Crippen LogP contribution is -2.37. The summed E-state index contributed by atoms with van der Waals surface area (Å²) in [6, 6.07) is 17.1. The number of methoxy groups -OCH3 is 2. The van der Waals surface area contributed by atoms with Gasteiger partial charge in [0.25, 0.3) is 0 Å². The highest BCUT2D eigenvalue weighted by Crippen LogP contribution is 2.14. The Kier molecular flexibility index (Phi) is 6.44. The predicted molar refractivity (Wildman–Crippen MR) is 89.4 cm³/mol. The molecule has 0 saturated heterocycles. The van der Waals surface area contributed by atoms with Crippen molar-refractivity contribution in [2.75, 3.05) is 20.8 Å². The van der Waals surface area contributed by atoms with Crippen molar-refractivity contribution in [2.45, 2.75) is 12.6 Å². The number of carbonyl (C=O) groups is 1. The molecule has 1 unspecified atom stereocenters. The summed E-state index contributed by atoms with van der Waals surface area (Å²) >= 11 is 0. The van der Waals surface area contributed by atoms with Gasteiger partial charge in [-0.05, 0) is 23.3 Å². The van der Waals surface area contributed by atoms with Gasteiger partial charge in [0.05, 0.1) is 13.2 Å². The number of ether oxygens (including phenoxy) is 2. The van der Waals surface area contributed by atoms with Crippen LogP contribution in [0.4, 0.5) is 4.79 Å². The van der Waals surface area contributed by atoms with Crippen LogP contribution in [0.1, 0.15) is 17.2 Å². The smallest absolute Gasteiger partial charge is 0.315 e. The molecular weight excluding hydrogens is 292 g/mol. The fourth-order valence-electron chi connectivity index (χ4n) is 2.18. The molecule has 0 heterocycles. The van der Waals surface area contributed by atoms with Crippen LogP contribution >= 0.6 is 0 Å². The van der Waals surface area contributed by atoms with E-state index in [1.165, 1.54) is 0 Å². The fraction of sp³-hybridized carbons (Fsp3) is 0.278. The zero-order valence-electron chi connectivity index (χ0n) is 13.4. The average Bonchev–Trinajstić information content (AvgIpc) is 2.62. The molecule has 23 heavy (non-hydrogen) atoms. The van der Waals surface area contributed by atoms with E-state index in [9.17, 15) is 4.79 Å². The third-order valence-corrected chi connectivity index (χ3v) is 3.52. The van der Waals surface area contributed by atoms with Crippen molar-refractivity contribution in [3.63, 3.8) is 0 Å². The summed E-state index contributed by atoms with van der Waals surface area (Å²) < 4.78 is 10.5. The van der Waals surface area contributed by atoms with E-state index in [1.807, 2.05) is 54.6 Å². The number of hydrogen-bond acceptors (Lipinski definition) is 3. The van der Waals surface area contributed by atoms with Crippen molar-refractivity contribution in [1.29, 1.82) is 0 Å². The zero-order valence-corrected chi connectivity index (χ0v) is 13.4. The lowest BCUT2D eigenvalue weighted by Gasteiger charge is -2.16. The van der Waals surface area contributed by atoms with E-state index < -0.39 is 0 Å². The highest BCUT2D eigenvalue weighted by atomic mass is 16.5. The molecule has 5 heteroatoms. The van der Waals surface area contributed by atoms with Crippen LogP contribution in [0.15, 0.2) is 54.6 Å². The van der Waals surface area contributed by atoms with Crippen LogP contribution in [0.25, 0.3) is 0 Å². The molecule has 0 spiro atoms. The summed E-state index contributed by atoms with van der Waals surface area (Å²) in [5.41, 5.74) is 2.04. The summed E-state index contributed by atoms with van der Waals surface area (Å²) in [4.78, 5) is 11.9. The van der Waals surface area contributed by atoms with Crippen molar-refractivity contribution >= 4 is 6.03 Å². The van der Waals surface area contributed by atoms with Crippen molar-refractivity contribution in [3.8, 4) is 5.75 Å². The molecule has 2 amide bonds. The average molecular weight is 314 g/mol. The van der Waals surface area contributed by atoms with E-state index in [0.717, 1.165) is 16.9 Å². The first kappa shape index (κ1) is 16.8. The van der Waals surface area contributed by atoms with Crippen LogP contribution in [-0.2, 0) is 11.3 Å². The van der Waals surface area contributed by atoms with Crippen molar-refractivity contribution in [1.82, 2.24) is 10.6 Å². The first-order valence-corrected chi connectivity index (χ1v) is 7.45. The van der Waals surface area contributed by atoms with Gasteiger partial charge in [0.15, 0.2) is 0 Å². The maximum atomic E-state index is 11.9. The Balaban J connectivity index is 1.77. The van der Waals surface area contributed by atoms with E-state index in [4.69, 9.17) is 9.47 Å². The molecule has 5 nitrogen and oxygen atoms in total. The molecule has 0 saturated carbocycles. The number of urea groups is 1. The molecule has 2 aromatic carbocycles. The molecule has 0 aromatic heterocycles. The molecule has 2 aromatic rings. The number of hydrogen-bond donors (Lipinski definition) is 2. The first-order chi connectivity index (χ1) is 11.2. The van der Waals surface area contributed by atoms with Crippen LogP contribution in [0, 0.1) is 0 Å². The SMILES string of the molecule is COc1ccc(CNC(=O)NCC(OC)c2ccccc2)cc1. The van der Waals surface area contributed by atoms with Crippen molar-refractivity contribution in [3.05, 3.63) is 65.7 Å². The van der Waals surface area contributed by atoms with Crippen LogP contribution in [0.3, 0.4) is 0 Å². The van der Waals surface area contributed by atoms with Gasteiger partial charge in [-0.3, -0.25) is 0 Å². The zero-order chi connectivity index (χ0) is 16.5. The van der Waals surface area contributed by atoms with Gasteiger partial charge in [0.2, 0.25) is 0 Å². The monoisotopic (exact) mass is 314 g/mol. The van der Waals surface area contributed by atoms with E-state index in [0.29, 0.717) is 13.1 Å². The van der Waals surface area contributed by atoms with Crippen molar-refractivity contribution < 1.29 is 14.3 Å². The second-order valence-electron chi connectivity index (χ2n) is 5.05. The number of rotatable bonds is 7.